The van der Waals surface area contributed by atoms with Crippen LogP contribution >= 0.6 is 11.3 Å². The van der Waals surface area contributed by atoms with Gasteiger partial charge in [0.2, 0.25) is 15.0 Å². The minimum absolute atomic E-state index is 0.117. The number of nitrogens with zero attached hydrogens (tertiary/aromatic N) is 3. The van der Waals surface area contributed by atoms with Crippen LogP contribution in [0.4, 0.5) is 8.78 Å². The van der Waals surface area contributed by atoms with Crippen molar-refractivity contribution >= 4 is 26.3 Å². The summed E-state index contributed by atoms with van der Waals surface area (Å²) in [5, 5.41) is 4.45. The number of benzene rings is 2. The van der Waals surface area contributed by atoms with Crippen LogP contribution in [-0.4, -0.2) is 29.6 Å². The molecule has 0 saturated heterocycles. The zero-order valence-electron chi connectivity index (χ0n) is 15.3. The molecule has 4 aromatic rings. The van der Waals surface area contributed by atoms with E-state index in [4.69, 9.17) is 0 Å². The molecule has 0 fully saturated rings. The van der Waals surface area contributed by atoms with E-state index < -0.39 is 15.8 Å². The third-order valence-corrected chi connectivity index (χ3v) is 7.07. The average molecular weight is 434 g/mol. The first-order valence-electron chi connectivity index (χ1n) is 8.70. The first kappa shape index (κ1) is 19.6. The van der Waals surface area contributed by atoms with E-state index in [-0.39, 0.29) is 17.3 Å². The van der Waals surface area contributed by atoms with Gasteiger partial charge in [-0.15, -0.1) is 5.10 Å². The van der Waals surface area contributed by atoms with Gasteiger partial charge in [-0.1, -0.05) is 23.5 Å². The summed E-state index contributed by atoms with van der Waals surface area (Å²) in [5.74, 6) is -0.625. The third-order valence-electron chi connectivity index (χ3n) is 4.39. The second-order valence-electron chi connectivity index (χ2n) is 6.33. The maximum atomic E-state index is 13.7. The number of rotatable bonds is 6. The smallest absolute Gasteiger partial charge is 0.211 e. The van der Waals surface area contributed by atoms with Crippen LogP contribution in [0.1, 0.15) is 10.6 Å². The maximum Gasteiger partial charge on any atom is 0.243 e. The largest absolute Gasteiger partial charge is 0.243 e. The highest BCUT2D eigenvalue weighted by Gasteiger charge is 2.19. The molecule has 0 unspecified atom stereocenters. The summed E-state index contributed by atoms with van der Waals surface area (Å²) in [4.78, 5) is 5.68. The molecule has 0 bridgehead atoms. The molecule has 2 aromatic carbocycles. The number of halogens is 2. The van der Waals surface area contributed by atoms with Gasteiger partial charge in [0.15, 0.2) is 5.82 Å². The molecule has 29 heavy (non-hydrogen) atoms. The average Bonchev–Trinajstić information content (AvgIpc) is 3.22. The summed E-state index contributed by atoms with van der Waals surface area (Å²) in [6, 6.07) is 11.2. The Morgan fingerprint density at radius 2 is 1.83 bits per heavy atom. The quantitative estimate of drug-likeness (QED) is 0.503. The number of nitrogens with one attached hydrogen (secondary N) is 1. The Morgan fingerprint density at radius 1 is 1.10 bits per heavy atom. The highest BCUT2D eigenvalue weighted by molar-refractivity contribution is 7.89. The highest BCUT2D eigenvalue weighted by atomic mass is 32.2. The van der Waals surface area contributed by atoms with E-state index in [9.17, 15) is 17.2 Å². The molecule has 0 aliphatic carbocycles. The number of hydrogen-bond donors (Lipinski definition) is 1. The van der Waals surface area contributed by atoms with E-state index in [1.165, 1.54) is 41.7 Å². The number of aromatic nitrogens is 3. The standard InChI is InChI=1S/C19H16F2N4O2S2/c1-12-16(10-11-22-29(26,27)17-5-3-2-4-15(17)21)28-19-23-18(24-25(12)19)13-6-8-14(20)9-7-13/h2-9,22H,10-11H2,1H3. The van der Waals surface area contributed by atoms with Crippen molar-refractivity contribution in [2.75, 3.05) is 6.54 Å². The lowest BCUT2D eigenvalue weighted by Gasteiger charge is -2.07. The summed E-state index contributed by atoms with van der Waals surface area (Å²) >= 11 is 1.40. The van der Waals surface area contributed by atoms with Gasteiger partial charge >= 0.3 is 0 Å². The molecule has 4 rings (SSSR count). The van der Waals surface area contributed by atoms with Gasteiger partial charge in [0, 0.05) is 17.0 Å². The number of aryl methyl sites for hydroxylation is 1. The molecule has 0 aliphatic rings. The predicted octanol–water partition coefficient (Wildman–Crippen LogP) is 3.57. The second kappa shape index (κ2) is 7.62. The van der Waals surface area contributed by atoms with E-state index in [1.54, 1.807) is 16.6 Å². The van der Waals surface area contributed by atoms with Crippen molar-refractivity contribution in [3.63, 3.8) is 0 Å². The lowest BCUT2D eigenvalue weighted by atomic mass is 10.2. The Labute approximate surface area is 169 Å². The van der Waals surface area contributed by atoms with Crippen LogP contribution in [0, 0.1) is 18.6 Å². The van der Waals surface area contributed by atoms with Crippen molar-refractivity contribution in [2.24, 2.45) is 0 Å². The fourth-order valence-corrected chi connectivity index (χ4v) is 5.04. The molecule has 6 nitrogen and oxygen atoms in total. The minimum atomic E-state index is -3.93. The maximum absolute atomic E-state index is 13.7. The van der Waals surface area contributed by atoms with Crippen molar-refractivity contribution in [3.8, 4) is 11.4 Å². The molecule has 0 saturated carbocycles. The lowest BCUT2D eigenvalue weighted by molar-refractivity contribution is 0.557. The van der Waals surface area contributed by atoms with Crippen LogP contribution in [0.2, 0.25) is 0 Å². The molecular formula is C19H16F2N4O2S2. The van der Waals surface area contributed by atoms with Gasteiger partial charge in [0.25, 0.3) is 0 Å². The topological polar surface area (TPSA) is 76.4 Å². The monoisotopic (exact) mass is 434 g/mol. The molecular weight excluding hydrogens is 418 g/mol. The first-order valence-corrected chi connectivity index (χ1v) is 11.0. The van der Waals surface area contributed by atoms with Gasteiger partial charge in [-0.25, -0.2) is 26.4 Å². The fraction of sp³-hybridized carbons (Fsp3) is 0.158. The van der Waals surface area contributed by atoms with Gasteiger partial charge in [-0.3, -0.25) is 0 Å². The zero-order chi connectivity index (χ0) is 20.6. The van der Waals surface area contributed by atoms with Gasteiger partial charge < -0.3 is 0 Å². The summed E-state index contributed by atoms with van der Waals surface area (Å²) in [7, 11) is -3.93. The third kappa shape index (κ3) is 3.91. The van der Waals surface area contributed by atoms with Crippen molar-refractivity contribution in [1.82, 2.24) is 19.3 Å². The Balaban J connectivity index is 1.49. The van der Waals surface area contributed by atoms with Crippen LogP contribution in [0.15, 0.2) is 53.4 Å². The van der Waals surface area contributed by atoms with Gasteiger partial charge in [0.1, 0.15) is 16.5 Å². The Bertz CT molecular complexity index is 1280. The molecule has 10 heteroatoms. The van der Waals surface area contributed by atoms with Gasteiger partial charge in [-0.2, -0.15) is 4.98 Å². The summed E-state index contributed by atoms with van der Waals surface area (Å²) in [5.41, 5.74) is 1.55. The van der Waals surface area contributed by atoms with E-state index in [2.05, 4.69) is 14.8 Å². The van der Waals surface area contributed by atoms with Crippen molar-refractivity contribution in [3.05, 3.63) is 70.7 Å². The van der Waals surface area contributed by atoms with Crippen molar-refractivity contribution in [1.29, 1.82) is 0 Å². The van der Waals surface area contributed by atoms with Crippen LogP contribution < -0.4 is 4.72 Å². The second-order valence-corrected chi connectivity index (χ2v) is 9.12. The number of thiazole rings is 1. The van der Waals surface area contributed by atoms with Crippen LogP contribution in [-0.2, 0) is 16.4 Å². The van der Waals surface area contributed by atoms with Crippen LogP contribution in [0.25, 0.3) is 16.3 Å². The van der Waals surface area contributed by atoms with E-state index in [1.807, 2.05) is 6.92 Å². The Morgan fingerprint density at radius 3 is 2.52 bits per heavy atom. The molecule has 1 N–H and O–H groups in total. The molecule has 0 radical (unpaired) electrons. The molecule has 2 aromatic heterocycles. The molecule has 150 valence electrons. The van der Waals surface area contributed by atoms with Gasteiger partial charge in [-0.05, 0) is 49.7 Å². The van der Waals surface area contributed by atoms with Crippen molar-refractivity contribution in [2.45, 2.75) is 18.2 Å². The predicted molar refractivity (Wildman–Crippen MR) is 106 cm³/mol. The Kier molecular flexibility index (Phi) is 5.15. The first-order chi connectivity index (χ1) is 13.8. The molecule has 0 aliphatic heterocycles. The Hall–Kier alpha value is -2.69. The summed E-state index contributed by atoms with van der Waals surface area (Å²) in [6.45, 7) is 1.99. The fourth-order valence-electron chi connectivity index (χ4n) is 2.88. The number of fused-ring (bicyclic) bond motifs is 1. The molecule has 0 spiro atoms. The number of sulfonamides is 1. The SMILES string of the molecule is Cc1c(CCNS(=O)(=O)c2ccccc2F)sc2nc(-c3ccc(F)cc3)nn12. The van der Waals surface area contributed by atoms with Crippen molar-refractivity contribution < 1.29 is 17.2 Å². The summed E-state index contributed by atoms with van der Waals surface area (Å²) < 4.78 is 55.5. The van der Waals surface area contributed by atoms with Gasteiger partial charge in [0.05, 0.1) is 5.69 Å². The summed E-state index contributed by atoms with van der Waals surface area (Å²) in [6.07, 6.45) is 0.418. The van der Waals surface area contributed by atoms with Crippen LogP contribution in [0.5, 0.6) is 0 Å². The van der Waals surface area contributed by atoms with Crippen LogP contribution in [0.3, 0.4) is 0 Å². The highest BCUT2D eigenvalue weighted by Crippen LogP contribution is 2.25. The van der Waals surface area contributed by atoms with E-state index >= 15 is 0 Å². The lowest BCUT2D eigenvalue weighted by Crippen LogP contribution is -2.26. The molecule has 2 heterocycles. The normalized spacial score (nSPS) is 12.0. The molecule has 0 atom stereocenters. The molecule has 0 amide bonds. The zero-order valence-corrected chi connectivity index (χ0v) is 16.9. The van der Waals surface area contributed by atoms with E-state index in [0.29, 0.717) is 22.8 Å². The number of hydrogen-bond acceptors (Lipinski definition) is 5. The van der Waals surface area contributed by atoms with E-state index in [0.717, 1.165) is 16.6 Å². The minimum Gasteiger partial charge on any atom is -0.211 e.